The Morgan fingerprint density at radius 1 is 1.42 bits per heavy atom. The molecule has 19 heavy (non-hydrogen) atoms. The number of aromatic nitrogens is 2. The van der Waals surface area contributed by atoms with Gasteiger partial charge in [0.1, 0.15) is 11.6 Å². The number of carbonyl (C=O) groups is 1. The Bertz CT molecular complexity index is 652. The number of halogens is 3. The molecule has 0 radical (unpaired) electrons. The minimum Gasteiger partial charge on any atom is -0.294 e. The highest BCUT2D eigenvalue weighted by atomic mass is 79.9. The molecule has 0 fully saturated rings. The Morgan fingerprint density at radius 3 is 2.68 bits per heavy atom. The van der Waals surface area contributed by atoms with Crippen molar-refractivity contribution in [3.8, 4) is 0 Å². The number of carbonyl (C=O) groups excluding carboxylic acids is 1. The number of rotatable bonds is 3. The molecule has 0 saturated heterocycles. The van der Waals surface area contributed by atoms with Crippen molar-refractivity contribution in [2.45, 2.75) is 13.3 Å². The van der Waals surface area contributed by atoms with Gasteiger partial charge >= 0.3 is 0 Å². The normalized spacial score (nSPS) is 10.8. The molecule has 0 spiro atoms. The van der Waals surface area contributed by atoms with Crippen LogP contribution in [0.3, 0.4) is 0 Å². The van der Waals surface area contributed by atoms with E-state index in [2.05, 4.69) is 21.0 Å². The summed E-state index contributed by atoms with van der Waals surface area (Å²) in [6.07, 6.45) is 1.22. The monoisotopic (exact) mass is 328 g/mol. The maximum absolute atomic E-state index is 13.8. The van der Waals surface area contributed by atoms with E-state index in [1.807, 2.05) is 0 Å². The third-order valence-electron chi connectivity index (χ3n) is 2.79. The third-order valence-corrected chi connectivity index (χ3v) is 3.40. The Labute approximate surface area is 117 Å². The topological polar surface area (TPSA) is 34.9 Å². The number of benzene rings is 1. The molecule has 0 atom stereocenters. The number of Topliss-reactive ketones (excluding diaryl/α,β-unsaturated/α-hetero) is 1. The Balaban J connectivity index is 2.34. The lowest BCUT2D eigenvalue weighted by atomic mass is 10.0. The summed E-state index contributed by atoms with van der Waals surface area (Å²) >= 11 is 2.98. The number of hydrogen-bond donors (Lipinski definition) is 0. The van der Waals surface area contributed by atoms with Gasteiger partial charge in [-0.3, -0.25) is 9.48 Å². The van der Waals surface area contributed by atoms with Crippen molar-refractivity contribution in [2.24, 2.45) is 7.05 Å². The van der Waals surface area contributed by atoms with Crippen LogP contribution in [0.25, 0.3) is 0 Å². The molecule has 0 aliphatic rings. The zero-order valence-corrected chi connectivity index (χ0v) is 12.0. The lowest BCUT2D eigenvalue weighted by molar-refractivity contribution is 0.0990. The van der Waals surface area contributed by atoms with Crippen LogP contribution in [0, 0.1) is 18.6 Å². The molecule has 0 aliphatic heterocycles. The van der Waals surface area contributed by atoms with Crippen molar-refractivity contribution in [1.29, 1.82) is 0 Å². The van der Waals surface area contributed by atoms with Crippen molar-refractivity contribution in [3.63, 3.8) is 0 Å². The molecule has 100 valence electrons. The maximum atomic E-state index is 13.8. The van der Waals surface area contributed by atoms with Gasteiger partial charge in [0, 0.05) is 25.2 Å². The fraction of sp³-hybridized carbons (Fsp3) is 0.231. The zero-order chi connectivity index (χ0) is 14.2. The lowest BCUT2D eigenvalue weighted by Crippen LogP contribution is -2.08. The van der Waals surface area contributed by atoms with Crippen molar-refractivity contribution >= 4 is 21.7 Å². The van der Waals surface area contributed by atoms with Crippen LogP contribution in [0.1, 0.15) is 21.6 Å². The van der Waals surface area contributed by atoms with Crippen LogP contribution < -0.4 is 0 Å². The third kappa shape index (κ3) is 2.73. The SMILES string of the molecule is Cc1nn(C)cc1C(=O)Cc1c(F)ccc(Br)c1F. The highest BCUT2D eigenvalue weighted by molar-refractivity contribution is 9.10. The molecular formula is C13H11BrF2N2O. The first-order valence-electron chi connectivity index (χ1n) is 5.56. The highest BCUT2D eigenvalue weighted by Gasteiger charge is 2.19. The summed E-state index contributed by atoms with van der Waals surface area (Å²) < 4.78 is 29.0. The second-order valence-electron chi connectivity index (χ2n) is 4.22. The molecule has 0 aliphatic carbocycles. The number of ketones is 1. The number of hydrogen-bond acceptors (Lipinski definition) is 2. The van der Waals surface area contributed by atoms with E-state index >= 15 is 0 Å². The van der Waals surface area contributed by atoms with E-state index in [1.165, 1.54) is 10.7 Å². The standard InChI is InChI=1S/C13H11BrF2N2O/c1-7-9(6-18(2)17-7)12(19)5-8-11(15)4-3-10(14)13(8)16/h3-4,6H,5H2,1-2H3. The van der Waals surface area contributed by atoms with Crippen molar-refractivity contribution in [2.75, 3.05) is 0 Å². The quantitative estimate of drug-likeness (QED) is 0.640. The van der Waals surface area contributed by atoms with Crippen LogP contribution in [0.15, 0.2) is 22.8 Å². The van der Waals surface area contributed by atoms with E-state index < -0.39 is 11.6 Å². The summed E-state index contributed by atoms with van der Waals surface area (Å²) in [5.41, 5.74) is 0.687. The van der Waals surface area contributed by atoms with Crippen LogP contribution in [-0.2, 0) is 13.5 Å². The average molecular weight is 329 g/mol. The van der Waals surface area contributed by atoms with Gasteiger partial charge in [0.25, 0.3) is 0 Å². The fourth-order valence-electron chi connectivity index (χ4n) is 1.86. The molecular weight excluding hydrogens is 318 g/mol. The van der Waals surface area contributed by atoms with Crippen LogP contribution in [0.4, 0.5) is 8.78 Å². The molecule has 0 N–H and O–H groups in total. The van der Waals surface area contributed by atoms with Crippen LogP contribution >= 0.6 is 15.9 Å². The molecule has 2 aromatic rings. The summed E-state index contributed by atoms with van der Waals surface area (Å²) in [6, 6.07) is 2.40. The van der Waals surface area contributed by atoms with Crippen molar-refractivity contribution in [3.05, 3.63) is 51.3 Å². The summed E-state index contributed by atoms with van der Waals surface area (Å²) in [4.78, 5) is 12.1. The fourth-order valence-corrected chi connectivity index (χ4v) is 2.23. The van der Waals surface area contributed by atoms with Gasteiger partial charge in [0.15, 0.2) is 5.78 Å². The smallest absolute Gasteiger partial charge is 0.170 e. The van der Waals surface area contributed by atoms with E-state index in [9.17, 15) is 13.6 Å². The van der Waals surface area contributed by atoms with Gasteiger partial charge in [-0.15, -0.1) is 0 Å². The second kappa shape index (κ2) is 5.21. The van der Waals surface area contributed by atoms with E-state index in [1.54, 1.807) is 20.2 Å². The summed E-state index contributed by atoms with van der Waals surface area (Å²) in [7, 11) is 1.68. The van der Waals surface area contributed by atoms with E-state index in [0.717, 1.165) is 6.07 Å². The van der Waals surface area contributed by atoms with Crippen LogP contribution in [0.2, 0.25) is 0 Å². The van der Waals surface area contributed by atoms with Gasteiger partial charge in [-0.2, -0.15) is 5.10 Å². The van der Waals surface area contributed by atoms with Crippen LogP contribution in [-0.4, -0.2) is 15.6 Å². The lowest BCUT2D eigenvalue weighted by Gasteiger charge is -2.05. The molecule has 6 heteroatoms. The van der Waals surface area contributed by atoms with E-state index in [0.29, 0.717) is 11.3 Å². The van der Waals surface area contributed by atoms with Gasteiger partial charge in [0.2, 0.25) is 0 Å². The second-order valence-corrected chi connectivity index (χ2v) is 5.08. The van der Waals surface area contributed by atoms with Crippen LogP contribution in [0.5, 0.6) is 0 Å². The molecule has 0 unspecified atom stereocenters. The molecule has 1 heterocycles. The molecule has 0 bridgehead atoms. The highest BCUT2D eigenvalue weighted by Crippen LogP contribution is 2.23. The predicted octanol–water partition coefficient (Wildman–Crippen LogP) is 3.19. The van der Waals surface area contributed by atoms with Gasteiger partial charge in [-0.25, -0.2) is 8.78 Å². The first-order chi connectivity index (χ1) is 8.90. The van der Waals surface area contributed by atoms with Crippen molar-refractivity contribution < 1.29 is 13.6 Å². The molecule has 1 aromatic heterocycles. The Kier molecular flexibility index (Phi) is 3.80. The molecule has 3 nitrogen and oxygen atoms in total. The van der Waals surface area contributed by atoms with Crippen molar-refractivity contribution in [1.82, 2.24) is 9.78 Å². The summed E-state index contributed by atoms with van der Waals surface area (Å²) in [5.74, 6) is -1.83. The van der Waals surface area contributed by atoms with Gasteiger partial charge in [-0.05, 0) is 35.0 Å². The van der Waals surface area contributed by atoms with Gasteiger partial charge in [0.05, 0.1) is 15.7 Å². The Hall–Kier alpha value is -1.56. The first kappa shape index (κ1) is 13.9. The molecule has 1 aromatic carbocycles. The predicted molar refractivity (Wildman–Crippen MR) is 70.0 cm³/mol. The number of nitrogens with zero attached hydrogens (tertiary/aromatic N) is 2. The maximum Gasteiger partial charge on any atom is 0.170 e. The van der Waals surface area contributed by atoms with Gasteiger partial charge in [-0.1, -0.05) is 0 Å². The van der Waals surface area contributed by atoms with E-state index in [4.69, 9.17) is 0 Å². The first-order valence-corrected chi connectivity index (χ1v) is 6.35. The minimum absolute atomic E-state index is 0.139. The average Bonchev–Trinajstić information content (AvgIpc) is 2.69. The molecule has 2 rings (SSSR count). The Morgan fingerprint density at radius 2 is 2.11 bits per heavy atom. The molecule has 0 amide bonds. The van der Waals surface area contributed by atoms with E-state index in [-0.39, 0.29) is 22.2 Å². The minimum atomic E-state index is -0.741. The number of aryl methyl sites for hydroxylation is 2. The summed E-state index contributed by atoms with van der Waals surface area (Å²) in [5, 5.41) is 4.04. The largest absolute Gasteiger partial charge is 0.294 e. The zero-order valence-electron chi connectivity index (χ0n) is 10.4. The molecule has 0 saturated carbocycles. The summed E-state index contributed by atoms with van der Waals surface area (Å²) in [6.45, 7) is 1.68. The van der Waals surface area contributed by atoms with Gasteiger partial charge < -0.3 is 0 Å².